The number of rotatable bonds is 6. The molecule has 0 amide bonds. The Labute approximate surface area is 96.8 Å². The van der Waals surface area contributed by atoms with E-state index in [1.54, 1.807) is 0 Å². The topological polar surface area (TPSA) is 38.3 Å². The summed E-state index contributed by atoms with van der Waals surface area (Å²) in [4.78, 5) is 10.7. The lowest BCUT2D eigenvalue weighted by Crippen LogP contribution is -2.13. The first-order chi connectivity index (χ1) is 7.68. The molecule has 1 atom stereocenters. The van der Waals surface area contributed by atoms with E-state index in [-0.39, 0.29) is 12.1 Å². The summed E-state index contributed by atoms with van der Waals surface area (Å²) >= 11 is 0. The predicted molar refractivity (Wildman–Crippen MR) is 65.4 cm³/mol. The van der Waals surface area contributed by atoms with Crippen LogP contribution in [-0.2, 0) is 9.53 Å². The van der Waals surface area contributed by atoms with Crippen LogP contribution in [0.4, 0.5) is 5.69 Å². The Kier molecular flexibility index (Phi) is 5.40. The molecule has 0 aliphatic carbocycles. The molecule has 0 saturated heterocycles. The van der Waals surface area contributed by atoms with Gasteiger partial charge in [0.2, 0.25) is 0 Å². The van der Waals surface area contributed by atoms with Gasteiger partial charge in [0.05, 0.1) is 6.10 Å². The number of anilines is 1. The first-order valence-electron chi connectivity index (χ1n) is 5.64. The number of hydrogen-bond acceptors (Lipinski definition) is 3. The van der Waals surface area contributed by atoms with Gasteiger partial charge in [-0.15, -0.1) is 0 Å². The first-order valence-corrected chi connectivity index (χ1v) is 5.64. The van der Waals surface area contributed by atoms with E-state index >= 15 is 0 Å². The molecule has 0 saturated carbocycles. The fourth-order valence-corrected chi connectivity index (χ4v) is 1.52. The number of carbonyl (C=O) groups is 1. The SMILES string of the molecule is CC(=O)OC(C)CCCNc1ccccc1. The van der Waals surface area contributed by atoms with Crippen molar-refractivity contribution in [3.05, 3.63) is 30.3 Å². The number of benzene rings is 1. The summed E-state index contributed by atoms with van der Waals surface area (Å²) in [6, 6.07) is 10.1. The molecule has 1 unspecified atom stereocenters. The van der Waals surface area contributed by atoms with Gasteiger partial charge in [0.1, 0.15) is 0 Å². The molecule has 0 spiro atoms. The highest BCUT2D eigenvalue weighted by atomic mass is 16.5. The molecule has 1 aromatic rings. The van der Waals surface area contributed by atoms with Crippen molar-refractivity contribution in [1.82, 2.24) is 0 Å². The molecule has 0 aliphatic heterocycles. The van der Waals surface area contributed by atoms with Crippen molar-refractivity contribution in [2.45, 2.75) is 32.8 Å². The number of hydrogen-bond donors (Lipinski definition) is 1. The summed E-state index contributed by atoms with van der Waals surface area (Å²) in [7, 11) is 0. The normalized spacial score (nSPS) is 11.9. The van der Waals surface area contributed by atoms with Gasteiger partial charge in [0.25, 0.3) is 0 Å². The van der Waals surface area contributed by atoms with Gasteiger partial charge in [-0.3, -0.25) is 4.79 Å². The third-order valence-corrected chi connectivity index (χ3v) is 2.26. The fraction of sp³-hybridized carbons (Fsp3) is 0.462. The molecule has 0 aliphatic rings. The molecule has 1 rings (SSSR count). The molecule has 3 nitrogen and oxygen atoms in total. The molecule has 16 heavy (non-hydrogen) atoms. The van der Waals surface area contributed by atoms with Gasteiger partial charge in [-0.05, 0) is 31.9 Å². The Balaban J connectivity index is 2.10. The highest BCUT2D eigenvalue weighted by molar-refractivity contribution is 5.66. The molecule has 0 fully saturated rings. The minimum absolute atomic E-state index is 0.00933. The van der Waals surface area contributed by atoms with E-state index in [2.05, 4.69) is 5.32 Å². The van der Waals surface area contributed by atoms with Crippen molar-refractivity contribution < 1.29 is 9.53 Å². The smallest absolute Gasteiger partial charge is 0.302 e. The molecule has 3 heteroatoms. The van der Waals surface area contributed by atoms with Crippen LogP contribution in [0.25, 0.3) is 0 Å². The maximum Gasteiger partial charge on any atom is 0.302 e. The van der Waals surface area contributed by atoms with Gasteiger partial charge in [-0.1, -0.05) is 18.2 Å². The van der Waals surface area contributed by atoms with E-state index in [0.29, 0.717) is 0 Å². The van der Waals surface area contributed by atoms with Gasteiger partial charge in [-0.25, -0.2) is 0 Å². The number of nitrogens with one attached hydrogen (secondary N) is 1. The molecule has 1 aromatic carbocycles. The minimum Gasteiger partial charge on any atom is -0.463 e. The van der Waals surface area contributed by atoms with Gasteiger partial charge in [-0.2, -0.15) is 0 Å². The van der Waals surface area contributed by atoms with E-state index in [1.807, 2.05) is 37.3 Å². The Morgan fingerprint density at radius 2 is 2.06 bits per heavy atom. The predicted octanol–water partition coefficient (Wildman–Crippen LogP) is 2.83. The molecule has 0 heterocycles. The number of esters is 1. The van der Waals surface area contributed by atoms with Crippen molar-refractivity contribution in [2.24, 2.45) is 0 Å². The van der Waals surface area contributed by atoms with Crippen LogP contribution >= 0.6 is 0 Å². The Bertz CT molecular complexity index is 311. The second kappa shape index (κ2) is 6.88. The zero-order chi connectivity index (χ0) is 11.8. The van der Waals surface area contributed by atoms with E-state index in [9.17, 15) is 4.79 Å². The molecule has 1 N–H and O–H groups in total. The molecular weight excluding hydrogens is 202 g/mol. The summed E-state index contributed by atoms with van der Waals surface area (Å²) < 4.78 is 5.04. The van der Waals surface area contributed by atoms with Gasteiger partial charge in [0.15, 0.2) is 0 Å². The summed E-state index contributed by atoms with van der Waals surface area (Å²) in [6.45, 7) is 4.26. The van der Waals surface area contributed by atoms with Crippen LogP contribution in [0.15, 0.2) is 30.3 Å². The maximum absolute atomic E-state index is 10.7. The van der Waals surface area contributed by atoms with Crippen molar-refractivity contribution >= 4 is 11.7 Å². The minimum atomic E-state index is -0.205. The van der Waals surface area contributed by atoms with Gasteiger partial charge in [0, 0.05) is 19.2 Å². The maximum atomic E-state index is 10.7. The second-order valence-corrected chi connectivity index (χ2v) is 3.86. The molecule has 0 aromatic heterocycles. The van der Waals surface area contributed by atoms with E-state index in [4.69, 9.17) is 4.74 Å². The van der Waals surface area contributed by atoms with Crippen molar-refractivity contribution in [3.63, 3.8) is 0 Å². The van der Waals surface area contributed by atoms with Crippen LogP contribution in [0, 0.1) is 0 Å². The Hall–Kier alpha value is -1.51. The quantitative estimate of drug-likeness (QED) is 0.593. The lowest BCUT2D eigenvalue weighted by atomic mass is 10.2. The zero-order valence-electron chi connectivity index (χ0n) is 9.90. The van der Waals surface area contributed by atoms with Crippen LogP contribution in [0.3, 0.4) is 0 Å². The van der Waals surface area contributed by atoms with Crippen molar-refractivity contribution in [2.75, 3.05) is 11.9 Å². The van der Waals surface area contributed by atoms with Crippen molar-refractivity contribution in [1.29, 1.82) is 0 Å². The standard InChI is InChI=1S/C13H19NO2/c1-11(16-12(2)15)7-6-10-14-13-8-4-3-5-9-13/h3-5,8-9,11,14H,6-7,10H2,1-2H3. The lowest BCUT2D eigenvalue weighted by Gasteiger charge is -2.12. The average Bonchev–Trinajstić information content (AvgIpc) is 2.25. The van der Waals surface area contributed by atoms with Crippen LogP contribution < -0.4 is 5.32 Å². The molecular formula is C13H19NO2. The van der Waals surface area contributed by atoms with Gasteiger partial charge < -0.3 is 10.1 Å². The highest BCUT2D eigenvalue weighted by Gasteiger charge is 2.04. The molecule has 0 bridgehead atoms. The molecule has 88 valence electrons. The summed E-state index contributed by atoms with van der Waals surface area (Å²) in [5, 5.41) is 3.31. The fourth-order valence-electron chi connectivity index (χ4n) is 1.52. The number of ether oxygens (including phenoxy) is 1. The van der Waals surface area contributed by atoms with Gasteiger partial charge >= 0.3 is 5.97 Å². The zero-order valence-corrected chi connectivity index (χ0v) is 9.90. The summed E-state index contributed by atoms with van der Waals surface area (Å²) in [5.74, 6) is -0.205. The molecule has 0 radical (unpaired) electrons. The average molecular weight is 221 g/mol. The van der Waals surface area contributed by atoms with E-state index in [1.165, 1.54) is 6.92 Å². The highest BCUT2D eigenvalue weighted by Crippen LogP contribution is 2.06. The number of para-hydroxylation sites is 1. The monoisotopic (exact) mass is 221 g/mol. The van der Waals surface area contributed by atoms with Crippen LogP contribution in [0.2, 0.25) is 0 Å². The van der Waals surface area contributed by atoms with E-state index in [0.717, 1.165) is 25.1 Å². The first kappa shape index (κ1) is 12.6. The summed E-state index contributed by atoms with van der Waals surface area (Å²) in [6.07, 6.45) is 1.89. The van der Waals surface area contributed by atoms with E-state index < -0.39 is 0 Å². The Morgan fingerprint density at radius 1 is 1.38 bits per heavy atom. The number of carbonyl (C=O) groups excluding carboxylic acids is 1. The van der Waals surface area contributed by atoms with Crippen LogP contribution in [0.5, 0.6) is 0 Å². The third kappa shape index (κ3) is 5.39. The summed E-state index contributed by atoms with van der Waals surface area (Å²) in [5.41, 5.74) is 1.13. The van der Waals surface area contributed by atoms with Crippen LogP contribution in [-0.4, -0.2) is 18.6 Å². The largest absolute Gasteiger partial charge is 0.463 e. The second-order valence-electron chi connectivity index (χ2n) is 3.86. The van der Waals surface area contributed by atoms with Crippen LogP contribution in [0.1, 0.15) is 26.7 Å². The lowest BCUT2D eigenvalue weighted by molar-refractivity contribution is -0.145. The third-order valence-electron chi connectivity index (χ3n) is 2.26. The Morgan fingerprint density at radius 3 is 2.69 bits per heavy atom. The van der Waals surface area contributed by atoms with Crippen molar-refractivity contribution in [3.8, 4) is 0 Å².